The zero-order valence-corrected chi connectivity index (χ0v) is 16.0. The lowest BCUT2D eigenvalue weighted by atomic mass is 9.88. The molecule has 0 aromatic heterocycles. The number of halogens is 5. The molecular formula is C20H13Cl2F3N2O2. The Morgan fingerprint density at radius 3 is 2.17 bits per heavy atom. The number of benzene rings is 3. The number of nitrogens with two attached hydrogens (primary N) is 1. The van der Waals surface area contributed by atoms with E-state index in [1.807, 2.05) is 0 Å². The second-order valence-corrected chi connectivity index (χ2v) is 6.94. The molecule has 0 bridgehead atoms. The van der Waals surface area contributed by atoms with Crippen LogP contribution in [0.5, 0.6) is 5.75 Å². The lowest BCUT2D eigenvalue weighted by Gasteiger charge is -2.19. The summed E-state index contributed by atoms with van der Waals surface area (Å²) in [6, 6.07) is 11.8. The van der Waals surface area contributed by atoms with Crippen LogP contribution in [0.2, 0.25) is 10.0 Å². The summed E-state index contributed by atoms with van der Waals surface area (Å²) in [6.07, 6.45) is -4.69. The van der Waals surface area contributed by atoms with Gasteiger partial charge in [0.15, 0.2) is 5.84 Å². The summed E-state index contributed by atoms with van der Waals surface area (Å²) in [6.45, 7) is 0. The van der Waals surface area contributed by atoms with Crippen molar-refractivity contribution in [2.75, 3.05) is 0 Å². The Bertz CT molecular complexity index is 1100. The maximum absolute atomic E-state index is 13.5. The highest BCUT2D eigenvalue weighted by atomic mass is 35.5. The minimum absolute atomic E-state index is 0.0558. The van der Waals surface area contributed by atoms with Crippen molar-refractivity contribution in [1.82, 2.24) is 0 Å². The zero-order valence-electron chi connectivity index (χ0n) is 14.5. The number of phenolic OH excluding ortho intramolecular Hbond substituents is 1. The monoisotopic (exact) mass is 440 g/mol. The number of rotatable bonds is 3. The number of phenols is 1. The van der Waals surface area contributed by atoms with Crippen molar-refractivity contribution in [3.63, 3.8) is 0 Å². The molecule has 0 atom stereocenters. The first-order valence-corrected chi connectivity index (χ1v) is 8.85. The zero-order chi connectivity index (χ0) is 21.3. The molecule has 0 radical (unpaired) electrons. The molecule has 0 amide bonds. The van der Waals surface area contributed by atoms with Crippen LogP contribution in [0.3, 0.4) is 0 Å². The standard InChI is InChI=1S/C20H13Cl2F3N2O2/c21-12-3-6-17(22)15(9-12)18-14(10-1-4-13(28)5-2-10)7-11(20(23,24)25)8-16(18)19(26)27-29/h1-9,28-29H,(H2,26,27). The summed E-state index contributed by atoms with van der Waals surface area (Å²) < 4.78 is 40.6. The average Bonchev–Trinajstić information content (AvgIpc) is 2.68. The molecule has 4 N–H and O–H groups in total. The maximum Gasteiger partial charge on any atom is 0.416 e. The van der Waals surface area contributed by atoms with Crippen molar-refractivity contribution in [1.29, 1.82) is 0 Å². The van der Waals surface area contributed by atoms with E-state index in [4.69, 9.17) is 34.1 Å². The smallest absolute Gasteiger partial charge is 0.416 e. The van der Waals surface area contributed by atoms with Crippen LogP contribution in [0, 0.1) is 0 Å². The number of alkyl halides is 3. The van der Waals surface area contributed by atoms with E-state index in [1.165, 1.54) is 42.5 Å². The van der Waals surface area contributed by atoms with Gasteiger partial charge in [-0.05, 0) is 53.6 Å². The van der Waals surface area contributed by atoms with E-state index in [0.29, 0.717) is 16.1 Å². The van der Waals surface area contributed by atoms with Crippen LogP contribution < -0.4 is 5.73 Å². The molecule has 3 rings (SSSR count). The van der Waals surface area contributed by atoms with E-state index in [-0.39, 0.29) is 27.5 Å². The fourth-order valence-corrected chi connectivity index (χ4v) is 3.29. The summed E-state index contributed by atoms with van der Waals surface area (Å²) in [4.78, 5) is 0. The summed E-state index contributed by atoms with van der Waals surface area (Å²) in [5.41, 5.74) is 5.53. The lowest BCUT2D eigenvalue weighted by molar-refractivity contribution is -0.137. The summed E-state index contributed by atoms with van der Waals surface area (Å²) in [7, 11) is 0. The van der Waals surface area contributed by atoms with Gasteiger partial charge in [-0.1, -0.05) is 40.5 Å². The SMILES string of the molecule is N/C(=N\O)c1cc(C(F)(F)F)cc(-c2ccc(O)cc2)c1-c1cc(Cl)ccc1Cl. The maximum atomic E-state index is 13.5. The van der Waals surface area contributed by atoms with E-state index < -0.39 is 17.6 Å². The molecule has 0 aliphatic rings. The van der Waals surface area contributed by atoms with Crippen molar-refractivity contribution in [2.24, 2.45) is 10.9 Å². The predicted octanol–water partition coefficient (Wildman–Crippen LogP) is 6.15. The van der Waals surface area contributed by atoms with Gasteiger partial charge in [-0.15, -0.1) is 0 Å². The summed E-state index contributed by atoms with van der Waals surface area (Å²) in [5, 5.41) is 22.1. The third kappa shape index (κ3) is 4.26. The first-order chi connectivity index (χ1) is 13.6. The molecule has 0 saturated heterocycles. The van der Waals surface area contributed by atoms with E-state index >= 15 is 0 Å². The molecule has 0 fully saturated rings. The normalized spacial score (nSPS) is 12.2. The minimum Gasteiger partial charge on any atom is -0.508 e. The van der Waals surface area contributed by atoms with Crippen LogP contribution in [0.25, 0.3) is 22.3 Å². The van der Waals surface area contributed by atoms with Crippen LogP contribution in [-0.2, 0) is 6.18 Å². The first-order valence-electron chi connectivity index (χ1n) is 8.09. The number of aromatic hydroxyl groups is 1. The van der Waals surface area contributed by atoms with Crippen LogP contribution in [0.4, 0.5) is 13.2 Å². The third-order valence-electron chi connectivity index (χ3n) is 4.23. The molecule has 3 aromatic rings. The van der Waals surface area contributed by atoms with Crippen molar-refractivity contribution < 1.29 is 23.5 Å². The lowest BCUT2D eigenvalue weighted by Crippen LogP contribution is -2.17. The van der Waals surface area contributed by atoms with Gasteiger partial charge in [0.1, 0.15) is 5.75 Å². The van der Waals surface area contributed by atoms with Crippen molar-refractivity contribution in [3.05, 3.63) is 75.8 Å². The number of hydrogen-bond donors (Lipinski definition) is 3. The largest absolute Gasteiger partial charge is 0.508 e. The molecule has 0 aliphatic heterocycles. The molecule has 0 heterocycles. The molecule has 29 heavy (non-hydrogen) atoms. The topological polar surface area (TPSA) is 78.8 Å². The van der Waals surface area contributed by atoms with Gasteiger partial charge >= 0.3 is 6.18 Å². The van der Waals surface area contributed by atoms with Crippen LogP contribution >= 0.6 is 23.2 Å². The number of amidine groups is 1. The predicted molar refractivity (Wildman–Crippen MR) is 107 cm³/mol. The van der Waals surface area contributed by atoms with E-state index in [2.05, 4.69) is 5.16 Å². The minimum atomic E-state index is -4.69. The molecule has 0 spiro atoms. The summed E-state index contributed by atoms with van der Waals surface area (Å²) >= 11 is 12.4. The van der Waals surface area contributed by atoms with Gasteiger partial charge in [-0.25, -0.2) is 0 Å². The quantitative estimate of drug-likeness (QED) is 0.198. The van der Waals surface area contributed by atoms with Gasteiger partial charge in [0.2, 0.25) is 0 Å². The van der Waals surface area contributed by atoms with Crippen molar-refractivity contribution in [2.45, 2.75) is 6.18 Å². The second-order valence-electron chi connectivity index (χ2n) is 6.10. The van der Waals surface area contributed by atoms with Gasteiger partial charge in [0.05, 0.1) is 5.56 Å². The van der Waals surface area contributed by atoms with E-state index in [1.54, 1.807) is 0 Å². The highest BCUT2D eigenvalue weighted by Crippen LogP contribution is 2.43. The van der Waals surface area contributed by atoms with Crippen LogP contribution in [-0.4, -0.2) is 16.1 Å². The number of oxime groups is 1. The molecule has 3 aromatic carbocycles. The second kappa shape index (κ2) is 7.85. The highest BCUT2D eigenvalue weighted by Gasteiger charge is 2.33. The molecular weight excluding hydrogens is 428 g/mol. The van der Waals surface area contributed by atoms with Gasteiger partial charge in [0, 0.05) is 26.7 Å². The van der Waals surface area contributed by atoms with E-state index in [9.17, 15) is 18.3 Å². The van der Waals surface area contributed by atoms with Crippen LogP contribution in [0.1, 0.15) is 11.1 Å². The molecule has 4 nitrogen and oxygen atoms in total. The number of hydrogen-bond acceptors (Lipinski definition) is 3. The van der Waals surface area contributed by atoms with Gasteiger partial charge in [-0.3, -0.25) is 0 Å². The molecule has 0 saturated carbocycles. The first kappa shape index (κ1) is 20.8. The fraction of sp³-hybridized carbons (Fsp3) is 0.0500. The average molecular weight is 441 g/mol. The Balaban J connectivity index is 2.49. The van der Waals surface area contributed by atoms with Gasteiger partial charge in [-0.2, -0.15) is 13.2 Å². The molecule has 150 valence electrons. The van der Waals surface area contributed by atoms with Crippen LogP contribution in [0.15, 0.2) is 59.8 Å². The Labute approximate surface area is 173 Å². The highest BCUT2D eigenvalue weighted by molar-refractivity contribution is 6.36. The molecule has 0 unspecified atom stereocenters. The summed E-state index contributed by atoms with van der Waals surface area (Å²) in [5.74, 6) is -0.582. The van der Waals surface area contributed by atoms with Gasteiger partial charge < -0.3 is 16.0 Å². The fourth-order valence-electron chi connectivity index (χ4n) is 2.91. The van der Waals surface area contributed by atoms with Gasteiger partial charge in [0.25, 0.3) is 0 Å². The van der Waals surface area contributed by atoms with Crippen molar-refractivity contribution >= 4 is 29.0 Å². The Morgan fingerprint density at radius 2 is 1.59 bits per heavy atom. The van der Waals surface area contributed by atoms with Crippen molar-refractivity contribution in [3.8, 4) is 28.0 Å². The molecule has 9 heteroatoms. The third-order valence-corrected chi connectivity index (χ3v) is 4.79. The Morgan fingerprint density at radius 1 is 0.931 bits per heavy atom. The Kier molecular flexibility index (Phi) is 5.64. The van der Waals surface area contributed by atoms with E-state index in [0.717, 1.165) is 12.1 Å². The Hall–Kier alpha value is -2.90. The number of nitrogens with zero attached hydrogens (tertiary/aromatic N) is 1. The molecule has 0 aliphatic carbocycles.